The summed E-state index contributed by atoms with van der Waals surface area (Å²) in [7, 11) is 1.53. The highest BCUT2D eigenvalue weighted by molar-refractivity contribution is 6.46. The molecule has 0 bridgehead atoms. The van der Waals surface area contributed by atoms with E-state index in [0.29, 0.717) is 60.6 Å². The molecule has 212 valence electrons. The number of ketones is 1. The van der Waals surface area contributed by atoms with Gasteiger partial charge in [-0.25, -0.2) is 0 Å². The van der Waals surface area contributed by atoms with Gasteiger partial charge in [0, 0.05) is 18.7 Å². The number of carbonyl (C=O) groups excluding carboxylic acids is 2. The number of amides is 1. The van der Waals surface area contributed by atoms with Gasteiger partial charge in [-0.05, 0) is 54.3 Å². The van der Waals surface area contributed by atoms with Crippen molar-refractivity contribution in [1.29, 1.82) is 0 Å². The van der Waals surface area contributed by atoms with Crippen LogP contribution in [0, 0.1) is 0 Å². The Kier molecular flexibility index (Phi) is 7.52. The fraction of sp³-hybridized carbons (Fsp3) is 0.312. The van der Waals surface area contributed by atoms with Crippen molar-refractivity contribution in [3.63, 3.8) is 0 Å². The van der Waals surface area contributed by atoms with E-state index in [1.54, 1.807) is 36.4 Å². The van der Waals surface area contributed by atoms with E-state index in [9.17, 15) is 14.7 Å². The van der Waals surface area contributed by atoms with Gasteiger partial charge in [0.15, 0.2) is 23.0 Å². The number of carbonyl (C=O) groups is 2. The number of likely N-dealkylation sites (tertiary alicyclic amines) is 1. The Bertz CT molecular complexity index is 1480. The van der Waals surface area contributed by atoms with E-state index in [1.807, 2.05) is 30.3 Å². The summed E-state index contributed by atoms with van der Waals surface area (Å²) < 4.78 is 28.8. The summed E-state index contributed by atoms with van der Waals surface area (Å²) in [6.45, 7) is 1.98. The highest BCUT2D eigenvalue weighted by Crippen LogP contribution is 2.43. The molecule has 3 aliphatic rings. The van der Waals surface area contributed by atoms with Crippen LogP contribution < -0.4 is 18.9 Å². The predicted octanol–water partition coefficient (Wildman–Crippen LogP) is 4.65. The summed E-state index contributed by atoms with van der Waals surface area (Å²) >= 11 is 0. The lowest BCUT2D eigenvalue weighted by atomic mass is 9.94. The lowest BCUT2D eigenvalue weighted by Gasteiger charge is -2.28. The fourth-order valence-corrected chi connectivity index (χ4v) is 5.48. The van der Waals surface area contributed by atoms with E-state index in [-0.39, 0.29) is 24.0 Å². The third-order valence-electron chi connectivity index (χ3n) is 7.52. The maximum Gasteiger partial charge on any atom is 0.295 e. The first kappa shape index (κ1) is 26.7. The quantitative estimate of drug-likeness (QED) is 0.243. The number of ether oxygens (including phenoxy) is 5. The van der Waals surface area contributed by atoms with Crippen molar-refractivity contribution < 1.29 is 38.4 Å². The SMILES string of the molecule is COc1cc(C2/C(=C(/O)c3ccc4c(c3)OCCO4)C(=O)C(=O)N2CC2CCCO2)ccc1OCc1ccccc1. The topological polar surface area (TPSA) is 104 Å². The highest BCUT2D eigenvalue weighted by Gasteiger charge is 2.47. The molecule has 2 fully saturated rings. The molecule has 0 radical (unpaired) electrons. The molecule has 41 heavy (non-hydrogen) atoms. The van der Waals surface area contributed by atoms with Gasteiger partial charge in [0.1, 0.15) is 25.6 Å². The number of methoxy groups -OCH3 is 1. The van der Waals surface area contributed by atoms with Crippen LogP contribution in [0.2, 0.25) is 0 Å². The lowest BCUT2D eigenvalue weighted by molar-refractivity contribution is -0.140. The Morgan fingerprint density at radius 2 is 1.76 bits per heavy atom. The number of aliphatic hydroxyl groups excluding tert-OH is 1. The third-order valence-corrected chi connectivity index (χ3v) is 7.52. The molecule has 3 aromatic rings. The Morgan fingerprint density at radius 3 is 2.51 bits per heavy atom. The molecular weight excluding hydrogens is 526 g/mol. The van der Waals surface area contributed by atoms with Crippen molar-refractivity contribution in [1.82, 2.24) is 4.90 Å². The van der Waals surface area contributed by atoms with E-state index in [2.05, 4.69) is 0 Å². The van der Waals surface area contributed by atoms with Crippen LogP contribution in [0.1, 0.15) is 35.6 Å². The average Bonchev–Trinajstić information content (AvgIpc) is 3.62. The van der Waals surface area contributed by atoms with Crippen molar-refractivity contribution in [2.45, 2.75) is 31.6 Å². The molecule has 1 amide bonds. The zero-order chi connectivity index (χ0) is 28.3. The molecule has 2 unspecified atom stereocenters. The Labute approximate surface area is 237 Å². The molecule has 2 atom stereocenters. The number of hydrogen-bond donors (Lipinski definition) is 1. The summed E-state index contributed by atoms with van der Waals surface area (Å²) in [6, 6.07) is 19.2. The molecule has 9 heteroatoms. The predicted molar refractivity (Wildman–Crippen MR) is 149 cm³/mol. The first-order chi connectivity index (χ1) is 20.0. The zero-order valence-electron chi connectivity index (χ0n) is 22.7. The van der Waals surface area contributed by atoms with Crippen molar-refractivity contribution in [3.8, 4) is 23.0 Å². The second-order valence-corrected chi connectivity index (χ2v) is 10.1. The average molecular weight is 558 g/mol. The van der Waals surface area contributed by atoms with E-state index in [1.165, 1.54) is 12.0 Å². The molecule has 0 spiro atoms. The van der Waals surface area contributed by atoms with Crippen molar-refractivity contribution >= 4 is 17.4 Å². The number of fused-ring (bicyclic) bond motifs is 1. The van der Waals surface area contributed by atoms with Gasteiger partial charge in [-0.1, -0.05) is 36.4 Å². The summed E-state index contributed by atoms with van der Waals surface area (Å²) in [5.74, 6) is 0.245. The molecule has 2 saturated heterocycles. The Balaban J connectivity index is 1.39. The standard InChI is InChI=1S/C32H31NO8/c1-37-26-16-21(9-11-24(26)41-19-20-6-3-2-4-7-20)29-28(31(35)32(36)33(29)18-23-8-5-13-38-23)30(34)22-10-12-25-27(17-22)40-15-14-39-25/h2-4,6-7,9-12,16-17,23,29,34H,5,8,13-15,18-19H2,1H3/b30-28-. The normalized spacial score (nSPS) is 21.2. The van der Waals surface area contributed by atoms with Crippen molar-refractivity contribution in [2.75, 3.05) is 33.5 Å². The Hall–Kier alpha value is -4.50. The van der Waals surface area contributed by atoms with Crippen LogP contribution in [0.3, 0.4) is 0 Å². The molecule has 6 rings (SSSR count). The fourth-order valence-electron chi connectivity index (χ4n) is 5.48. The summed E-state index contributed by atoms with van der Waals surface area (Å²) in [6.07, 6.45) is 1.48. The molecule has 3 heterocycles. The molecule has 0 aliphatic carbocycles. The second kappa shape index (κ2) is 11.5. The minimum atomic E-state index is -0.857. The van der Waals surface area contributed by atoms with Gasteiger partial charge >= 0.3 is 0 Å². The van der Waals surface area contributed by atoms with Gasteiger partial charge in [0.25, 0.3) is 11.7 Å². The third kappa shape index (κ3) is 5.32. The van der Waals surface area contributed by atoms with Gasteiger partial charge in [-0.2, -0.15) is 0 Å². The lowest BCUT2D eigenvalue weighted by Crippen LogP contribution is -2.36. The second-order valence-electron chi connectivity index (χ2n) is 10.1. The van der Waals surface area contributed by atoms with Crippen LogP contribution in [-0.4, -0.2) is 61.3 Å². The summed E-state index contributed by atoms with van der Waals surface area (Å²) in [4.78, 5) is 28.4. The van der Waals surface area contributed by atoms with E-state index < -0.39 is 17.7 Å². The maximum absolute atomic E-state index is 13.5. The Morgan fingerprint density at radius 1 is 0.951 bits per heavy atom. The molecule has 0 saturated carbocycles. The first-order valence-electron chi connectivity index (χ1n) is 13.7. The van der Waals surface area contributed by atoms with E-state index >= 15 is 0 Å². The smallest absolute Gasteiger partial charge is 0.295 e. The van der Waals surface area contributed by atoms with Gasteiger partial charge in [0.2, 0.25) is 0 Å². The largest absolute Gasteiger partial charge is 0.507 e. The first-order valence-corrected chi connectivity index (χ1v) is 13.7. The number of rotatable bonds is 8. The molecule has 9 nitrogen and oxygen atoms in total. The van der Waals surface area contributed by atoms with E-state index in [4.69, 9.17) is 23.7 Å². The van der Waals surface area contributed by atoms with Crippen molar-refractivity contribution in [3.05, 3.63) is 89.0 Å². The maximum atomic E-state index is 13.5. The number of nitrogens with zero attached hydrogens (tertiary/aromatic N) is 1. The van der Waals surface area contributed by atoms with Crippen LogP contribution in [-0.2, 0) is 20.9 Å². The molecular formula is C32H31NO8. The monoisotopic (exact) mass is 557 g/mol. The van der Waals surface area contributed by atoms with E-state index in [0.717, 1.165) is 18.4 Å². The summed E-state index contributed by atoms with van der Waals surface area (Å²) in [5, 5.41) is 11.5. The minimum absolute atomic E-state index is 0.00955. The van der Waals surface area contributed by atoms with Crippen LogP contribution in [0.4, 0.5) is 0 Å². The van der Waals surface area contributed by atoms with Gasteiger partial charge < -0.3 is 33.7 Å². The molecule has 3 aliphatic heterocycles. The van der Waals surface area contributed by atoms with Gasteiger partial charge in [0.05, 0.1) is 24.8 Å². The molecule has 3 aromatic carbocycles. The summed E-state index contributed by atoms with van der Waals surface area (Å²) in [5.41, 5.74) is 1.95. The van der Waals surface area contributed by atoms with Gasteiger partial charge in [-0.3, -0.25) is 9.59 Å². The van der Waals surface area contributed by atoms with Crippen LogP contribution in [0.15, 0.2) is 72.3 Å². The number of aliphatic hydroxyl groups is 1. The highest BCUT2D eigenvalue weighted by atomic mass is 16.6. The molecule has 0 aromatic heterocycles. The van der Waals surface area contributed by atoms with Gasteiger partial charge in [-0.15, -0.1) is 0 Å². The van der Waals surface area contributed by atoms with Crippen LogP contribution in [0.25, 0.3) is 5.76 Å². The van der Waals surface area contributed by atoms with Crippen LogP contribution in [0.5, 0.6) is 23.0 Å². The van der Waals surface area contributed by atoms with Crippen LogP contribution >= 0.6 is 0 Å². The zero-order valence-corrected chi connectivity index (χ0v) is 22.7. The molecule has 1 N–H and O–H groups in total. The minimum Gasteiger partial charge on any atom is -0.507 e. The number of hydrogen-bond acceptors (Lipinski definition) is 8. The number of benzene rings is 3. The van der Waals surface area contributed by atoms with Crippen molar-refractivity contribution in [2.24, 2.45) is 0 Å². The number of Topliss-reactive ketones (excluding diaryl/α,β-unsaturated/α-hetero) is 1.